The molecule has 0 spiro atoms. The first kappa shape index (κ1) is 11.2. The molecule has 7 heteroatoms. The summed E-state index contributed by atoms with van der Waals surface area (Å²) in [6.07, 6.45) is 2.25. The van der Waals surface area contributed by atoms with Gasteiger partial charge in [0.15, 0.2) is 0 Å². The average molecular weight is 209 g/mol. The van der Waals surface area contributed by atoms with Crippen LogP contribution in [0.5, 0.6) is 0 Å². The summed E-state index contributed by atoms with van der Waals surface area (Å²) in [6, 6.07) is 6.02. The van der Waals surface area contributed by atoms with Gasteiger partial charge in [-0.25, -0.2) is 0 Å². The standard InChI is InChI=1S/C8H8BNO5/c11-9(12)15-6-5-7-3-1-2-4-8(7)10(13)14/h1-6,11-12H. The van der Waals surface area contributed by atoms with Crippen molar-refractivity contribution in [2.24, 2.45) is 0 Å². The van der Waals surface area contributed by atoms with Crippen LogP contribution in [0.3, 0.4) is 0 Å². The monoisotopic (exact) mass is 209 g/mol. The third kappa shape index (κ3) is 3.41. The van der Waals surface area contributed by atoms with Gasteiger partial charge in [0.25, 0.3) is 5.69 Å². The SMILES string of the molecule is O=[N+]([O-])c1ccccc1C=COB(O)O. The highest BCUT2D eigenvalue weighted by Gasteiger charge is 2.10. The number of nitro benzene ring substituents is 1. The van der Waals surface area contributed by atoms with Gasteiger partial charge < -0.3 is 14.7 Å². The summed E-state index contributed by atoms with van der Waals surface area (Å²) in [6.45, 7) is 0. The molecule has 0 fully saturated rings. The summed E-state index contributed by atoms with van der Waals surface area (Å²) in [5.74, 6) is 0. The van der Waals surface area contributed by atoms with Gasteiger partial charge in [-0.3, -0.25) is 10.1 Å². The summed E-state index contributed by atoms with van der Waals surface area (Å²) < 4.78 is 4.29. The largest absolute Gasteiger partial charge is 0.707 e. The zero-order valence-corrected chi connectivity index (χ0v) is 7.61. The molecule has 2 N–H and O–H groups in total. The number of para-hydroxylation sites is 1. The van der Waals surface area contributed by atoms with Crippen molar-refractivity contribution in [2.45, 2.75) is 0 Å². The van der Waals surface area contributed by atoms with Crippen LogP contribution in [0, 0.1) is 10.1 Å². The molecule has 0 saturated heterocycles. The highest BCUT2D eigenvalue weighted by Crippen LogP contribution is 2.18. The van der Waals surface area contributed by atoms with E-state index in [1.165, 1.54) is 24.3 Å². The second-order valence-electron chi connectivity index (χ2n) is 2.58. The molecule has 0 atom stereocenters. The Kier molecular flexibility index (Phi) is 3.84. The second kappa shape index (κ2) is 5.13. The molecule has 0 aromatic heterocycles. The molecule has 78 valence electrons. The van der Waals surface area contributed by atoms with Crippen molar-refractivity contribution in [1.29, 1.82) is 0 Å². The highest BCUT2D eigenvalue weighted by molar-refractivity contribution is 6.32. The lowest BCUT2D eigenvalue weighted by Gasteiger charge is -1.97. The van der Waals surface area contributed by atoms with Crippen LogP contribution in [0.2, 0.25) is 0 Å². The molecule has 1 rings (SSSR count). The Morgan fingerprint density at radius 2 is 2.07 bits per heavy atom. The Morgan fingerprint density at radius 1 is 1.40 bits per heavy atom. The fraction of sp³-hybridized carbons (Fsp3) is 0. The van der Waals surface area contributed by atoms with Gasteiger partial charge in [-0.1, -0.05) is 12.1 Å². The van der Waals surface area contributed by atoms with Crippen LogP contribution in [0.25, 0.3) is 6.08 Å². The van der Waals surface area contributed by atoms with Crippen molar-refractivity contribution in [1.82, 2.24) is 0 Å². The number of nitrogens with zero attached hydrogens (tertiary/aromatic N) is 1. The summed E-state index contributed by atoms with van der Waals surface area (Å²) in [7, 11) is -1.93. The van der Waals surface area contributed by atoms with Gasteiger partial charge in [-0.05, 0) is 12.1 Å². The molecule has 0 amide bonds. The van der Waals surface area contributed by atoms with Crippen LogP contribution in [0.1, 0.15) is 5.56 Å². The van der Waals surface area contributed by atoms with Crippen molar-refractivity contribution < 1.29 is 19.6 Å². The molecule has 0 aliphatic rings. The summed E-state index contributed by atoms with van der Waals surface area (Å²) in [5, 5.41) is 27.3. The quantitative estimate of drug-likeness (QED) is 0.327. The predicted molar refractivity (Wildman–Crippen MR) is 53.4 cm³/mol. The molecule has 0 heterocycles. The van der Waals surface area contributed by atoms with E-state index < -0.39 is 12.2 Å². The molecule has 0 radical (unpaired) electrons. The Morgan fingerprint density at radius 3 is 2.67 bits per heavy atom. The first-order valence-corrected chi connectivity index (χ1v) is 4.03. The van der Waals surface area contributed by atoms with Crippen molar-refractivity contribution in [2.75, 3.05) is 0 Å². The lowest BCUT2D eigenvalue weighted by atomic mass is 10.2. The van der Waals surface area contributed by atoms with E-state index in [1.807, 2.05) is 0 Å². The molecule has 0 aliphatic heterocycles. The van der Waals surface area contributed by atoms with Gasteiger partial charge in [-0.15, -0.1) is 0 Å². The van der Waals surface area contributed by atoms with Crippen LogP contribution in [0.15, 0.2) is 30.5 Å². The number of nitro groups is 1. The van der Waals surface area contributed by atoms with E-state index in [0.717, 1.165) is 6.26 Å². The van der Waals surface area contributed by atoms with E-state index in [1.54, 1.807) is 6.07 Å². The third-order valence-corrected chi connectivity index (χ3v) is 1.58. The van der Waals surface area contributed by atoms with Gasteiger partial charge in [0.05, 0.1) is 16.7 Å². The van der Waals surface area contributed by atoms with Crippen LogP contribution in [-0.4, -0.2) is 22.3 Å². The fourth-order valence-corrected chi connectivity index (χ4v) is 0.978. The van der Waals surface area contributed by atoms with Crippen molar-refractivity contribution >= 4 is 19.1 Å². The van der Waals surface area contributed by atoms with Gasteiger partial charge in [-0.2, -0.15) is 0 Å². The van der Waals surface area contributed by atoms with Gasteiger partial charge in [0.2, 0.25) is 0 Å². The number of benzene rings is 1. The Balaban J connectivity index is 2.84. The molecule has 6 nitrogen and oxygen atoms in total. The molecular weight excluding hydrogens is 201 g/mol. The van der Waals surface area contributed by atoms with Crippen LogP contribution in [0.4, 0.5) is 5.69 Å². The Labute approximate surface area is 85.8 Å². The summed E-state index contributed by atoms with van der Waals surface area (Å²) in [4.78, 5) is 10.0. The third-order valence-electron chi connectivity index (χ3n) is 1.58. The minimum Gasteiger partial charge on any atom is -0.518 e. The van der Waals surface area contributed by atoms with Crippen molar-refractivity contribution in [3.63, 3.8) is 0 Å². The van der Waals surface area contributed by atoms with Crippen molar-refractivity contribution in [3.05, 3.63) is 46.2 Å². The number of rotatable bonds is 4. The minimum atomic E-state index is -1.93. The molecule has 1 aromatic carbocycles. The Bertz CT molecular complexity index is 379. The van der Waals surface area contributed by atoms with Gasteiger partial charge in [0, 0.05) is 6.07 Å². The number of hydrogen-bond donors (Lipinski definition) is 2. The first-order valence-electron chi connectivity index (χ1n) is 4.03. The molecule has 0 bridgehead atoms. The Hall–Kier alpha value is -1.86. The smallest absolute Gasteiger partial charge is 0.518 e. The lowest BCUT2D eigenvalue weighted by Crippen LogP contribution is -2.12. The fourth-order valence-electron chi connectivity index (χ4n) is 0.978. The zero-order valence-electron chi connectivity index (χ0n) is 7.61. The molecular formula is C8H8BNO5. The van der Waals surface area contributed by atoms with Gasteiger partial charge >= 0.3 is 7.32 Å². The maximum Gasteiger partial charge on any atom is 0.707 e. The first-order chi connectivity index (χ1) is 7.11. The minimum absolute atomic E-state index is 0.0789. The topological polar surface area (TPSA) is 92.8 Å². The van der Waals surface area contributed by atoms with E-state index in [9.17, 15) is 10.1 Å². The molecule has 0 saturated carbocycles. The predicted octanol–water partition coefficient (Wildman–Crippen LogP) is 0.552. The van der Waals surface area contributed by atoms with E-state index in [-0.39, 0.29) is 5.69 Å². The van der Waals surface area contributed by atoms with Crippen LogP contribution >= 0.6 is 0 Å². The highest BCUT2D eigenvalue weighted by atomic mass is 16.6. The lowest BCUT2D eigenvalue weighted by molar-refractivity contribution is -0.385. The van der Waals surface area contributed by atoms with Crippen molar-refractivity contribution in [3.8, 4) is 0 Å². The molecule has 0 unspecified atom stereocenters. The molecule has 15 heavy (non-hydrogen) atoms. The zero-order chi connectivity index (χ0) is 11.3. The number of hydrogen-bond acceptors (Lipinski definition) is 5. The maximum atomic E-state index is 10.6. The summed E-state index contributed by atoms with van der Waals surface area (Å²) in [5.41, 5.74) is 0.243. The average Bonchev–Trinajstić information content (AvgIpc) is 2.17. The van der Waals surface area contributed by atoms with E-state index in [4.69, 9.17) is 10.0 Å². The van der Waals surface area contributed by atoms with E-state index in [2.05, 4.69) is 4.65 Å². The van der Waals surface area contributed by atoms with Crippen LogP contribution in [-0.2, 0) is 4.65 Å². The molecule has 1 aromatic rings. The summed E-state index contributed by atoms with van der Waals surface area (Å²) >= 11 is 0. The van der Waals surface area contributed by atoms with Gasteiger partial charge in [0.1, 0.15) is 0 Å². The normalized spacial score (nSPS) is 10.3. The van der Waals surface area contributed by atoms with E-state index in [0.29, 0.717) is 5.56 Å². The molecule has 0 aliphatic carbocycles. The maximum absolute atomic E-state index is 10.6. The second-order valence-corrected chi connectivity index (χ2v) is 2.58. The van der Waals surface area contributed by atoms with E-state index >= 15 is 0 Å². The van der Waals surface area contributed by atoms with Crippen LogP contribution < -0.4 is 0 Å².